The molecule has 1 heterocycles. The first-order valence-corrected chi connectivity index (χ1v) is 4.05. The van der Waals surface area contributed by atoms with Gasteiger partial charge in [-0.1, -0.05) is 0 Å². The minimum Gasteiger partial charge on any atom is -0.480 e. The molecule has 1 unspecified atom stereocenters. The zero-order chi connectivity index (χ0) is 9.14. The van der Waals surface area contributed by atoms with Crippen molar-refractivity contribution >= 4 is 17.3 Å². The number of nitriles is 1. The first kappa shape index (κ1) is 8.71. The predicted octanol–water partition coefficient (Wildman–Crippen LogP) is 0.704. The lowest BCUT2D eigenvalue weighted by molar-refractivity contribution is -0.138. The molecule has 4 nitrogen and oxygen atoms in total. The average molecular weight is 182 g/mol. The van der Waals surface area contributed by atoms with Crippen molar-refractivity contribution in [3.05, 3.63) is 21.9 Å². The quantitative estimate of drug-likeness (QED) is 0.704. The van der Waals surface area contributed by atoms with Gasteiger partial charge < -0.3 is 10.8 Å². The van der Waals surface area contributed by atoms with Gasteiger partial charge in [-0.05, 0) is 5.38 Å². The number of nitrogens with zero attached hydrogens (tertiary/aromatic N) is 1. The van der Waals surface area contributed by atoms with E-state index in [4.69, 9.17) is 16.1 Å². The number of hydrogen-bond donors (Lipinski definition) is 2. The summed E-state index contributed by atoms with van der Waals surface area (Å²) in [5, 5.41) is 20.3. The van der Waals surface area contributed by atoms with Crippen LogP contribution in [0, 0.1) is 11.3 Å². The van der Waals surface area contributed by atoms with Gasteiger partial charge in [0.1, 0.15) is 12.1 Å². The van der Waals surface area contributed by atoms with Gasteiger partial charge in [-0.25, -0.2) is 0 Å². The van der Waals surface area contributed by atoms with Gasteiger partial charge in [0.2, 0.25) is 0 Å². The van der Waals surface area contributed by atoms with Crippen LogP contribution in [0.4, 0.5) is 0 Å². The average Bonchev–Trinajstić information content (AvgIpc) is 2.49. The third kappa shape index (κ3) is 1.44. The zero-order valence-corrected chi connectivity index (χ0v) is 6.84. The van der Waals surface area contributed by atoms with Gasteiger partial charge in [-0.2, -0.15) is 16.6 Å². The molecule has 1 rings (SSSR count). The summed E-state index contributed by atoms with van der Waals surface area (Å²) >= 11 is 1.27. The van der Waals surface area contributed by atoms with Crippen molar-refractivity contribution in [2.24, 2.45) is 5.73 Å². The summed E-state index contributed by atoms with van der Waals surface area (Å²) in [6, 6.07) is 0.787. The third-order valence-corrected chi connectivity index (χ3v) is 2.18. The molecule has 62 valence electrons. The smallest absolute Gasteiger partial charge is 0.325 e. The van der Waals surface area contributed by atoms with E-state index in [-0.39, 0.29) is 0 Å². The van der Waals surface area contributed by atoms with E-state index in [1.54, 1.807) is 10.8 Å². The lowest BCUT2D eigenvalue weighted by Crippen LogP contribution is -2.20. The number of aliphatic carboxylic acids is 1. The Labute approximate surface area is 72.9 Å². The second-order valence-electron chi connectivity index (χ2n) is 2.17. The molecule has 1 aromatic rings. The van der Waals surface area contributed by atoms with Gasteiger partial charge in [0.25, 0.3) is 0 Å². The standard InChI is InChI=1S/C7H6N2O2S/c8-1-4-2-12-3-5(4)6(9)7(10)11/h2-3,6H,9H2,(H,10,11). The molecule has 1 aromatic heterocycles. The Morgan fingerprint density at radius 1 is 1.75 bits per heavy atom. The Morgan fingerprint density at radius 3 is 2.92 bits per heavy atom. The molecule has 1 atom stereocenters. The van der Waals surface area contributed by atoms with Crippen molar-refractivity contribution < 1.29 is 9.90 Å². The molecule has 3 N–H and O–H groups in total. The van der Waals surface area contributed by atoms with Crippen LogP contribution in [-0.2, 0) is 4.79 Å². The summed E-state index contributed by atoms with van der Waals surface area (Å²) in [5.74, 6) is -1.12. The first-order chi connectivity index (χ1) is 5.66. The summed E-state index contributed by atoms with van der Waals surface area (Å²) in [6.07, 6.45) is 0. The van der Waals surface area contributed by atoms with E-state index in [0.29, 0.717) is 11.1 Å². The largest absolute Gasteiger partial charge is 0.480 e. The number of nitrogens with two attached hydrogens (primary N) is 1. The lowest BCUT2D eigenvalue weighted by atomic mass is 10.1. The maximum Gasteiger partial charge on any atom is 0.325 e. The monoisotopic (exact) mass is 182 g/mol. The molecule has 0 radical (unpaired) electrons. The minimum atomic E-state index is -1.12. The normalized spacial score (nSPS) is 12.0. The molecule has 0 fully saturated rings. The molecule has 0 bridgehead atoms. The van der Waals surface area contributed by atoms with E-state index < -0.39 is 12.0 Å². The lowest BCUT2D eigenvalue weighted by Gasteiger charge is -2.02. The maximum atomic E-state index is 10.4. The van der Waals surface area contributed by atoms with Crippen LogP contribution in [0.2, 0.25) is 0 Å². The summed E-state index contributed by atoms with van der Waals surface area (Å²) in [6.45, 7) is 0. The molecule has 5 heteroatoms. The molecule has 0 saturated heterocycles. The van der Waals surface area contributed by atoms with Gasteiger partial charge in [-0.15, -0.1) is 0 Å². The number of carbonyl (C=O) groups is 1. The molecule has 0 spiro atoms. The van der Waals surface area contributed by atoms with Crippen molar-refractivity contribution in [3.63, 3.8) is 0 Å². The topological polar surface area (TPSA) is 87.1 Å². The van der Waals surface area contributed by atoms with Crippen LogP contribution in [0.25, 0.3) is 0 Å². The SMILES string of the molecule is N#Cc1cscc1C(N)C(=O)O. The van der Waals surface area contributed by atoms with E-state index in [9.17, 15) is 4.79 Å². The second kappa shape index (κ2) is 3.34. The van der Waals surface area contributed by atoms with Crippen molar-refractivity contribution in [2.75, 3.05) is 0 Å². The number of carboxylic acids is 1. The molecule has 0 aliphatic carbocycles. The van der Waals surface area contributed by atoms with Crippen molar-refractivity contribution in [3.8, 4) is 6.07 Å². The number of carboxylic acid groups (broad SMARTS) is 1. The molecule has 0 amide bonds. The summed E-state index contributed by atoms with van der Waals surface area (Å²) in [5.41, 5.74) is 6.04. The highest BCUT2D eigenvalue weighted by Gasteiger charge is 2.18. The molecular formula is C7H6N2O2S. The highest BCUT2D eigenvalue weighted by atomic mass is 32.1. The molecule has 0 saturated carbocycles. The third-order valence-electron chi connectivity index (χ3n) is 1.41. The van der Waals surface area contributed by atoms with Crippen LogP contribution in [0.1, 0.15) is 17.2 Å². The van der Waals surface area contributed by atoms with Gasteiger partial charge in [-0.3, -0.25) is 4.79 Å². The van der Waals surface area contributed by atoms with E-state index in [1.165, 1.54) is 11.3 Å². The van der Waals surface area contributed by atoms with Crippen LogP contribution in [0.15, 0.2) is 10.8 Å². The van der Waals surface area contributed by atoms with Crippen LogP contribution >= 0.6 is 11.3 Å². The van der Waals surface area contributed by atoms with E-state index in [0.717, 1.165) is 0 Å². The van der Waals surface area contributed by atoms with Crippen LogP contribution in [0.3, 0.4) is 0 Å². The summed E-state index contributed by atoms with van der Waals surface area (Å²) in [4.78, 5) is 10.4. The van der Waals surface area contributed by atoms with Crippen LogP contribution < -0.4 is 5.73 Å². The molecule has 0 aliphatic heterocycles. The van der Waals surface area contributed by atoms with E-state index >= 15 is 0 Å². The summed E-state index contributed by atoms with van der Waals surface area (Å²) < 4.78 is 0. The Balaban J connectivity index is 3.03. The number of hydrogen-bond acceptors (Lipinski definition) is 4. The second-order valence-corrected chi connectivity index (χ2v) is 2.91. The van der Waals surface area contributed by atoms with Gasteiger partial charge in [0, 0.05) is 10.9 Å². The Hall–Kier alpha value is -1.38. The minimum absolute atomic E-state index is 0.343. The molecular weight excluding hydrogens is 176 g/mol. The molecule has 0 aliphatic rings. The summed E-state index contributed by atoms with van der Waals surface area (Å²) in [7, 11) is 0. The Bertz CT molecular complexity index is 339. The Kier molecular flexibility index (Phi) is 2.43. The van der Waals surface area contributed by atoms with Gasteiger partial charge >= 0.3 is 5.97 Å². The fraction of sp³-hybridized carbons (Fsp3) is 0.143. The van der Waals surface area contributed by atoms with Gasteiger partial charge in [0.15, 0.2) is 0 Å². The van der Waals surface area contributed by atoms with Crippen molar-refractivity contribution in [2.45, 2.75) is 6.04 Å². The Morgan fingerprint density at radius 2 is 2.42 bits per heavy atom. The maximum absolute atomic E-state index is 10.4. The van der Waals surface area contributed by atoms with Crippen molar-refractivity contribution in [1.29, 1.82) is 5.26 Å². The van der Waals surface area contributed by atoms with E-state index in [1.807, 2.05) is 6.07 Å². The highest BCUT2D eigenvalue weighted by Crippen LogP contribution is 2.19. The van der Waals surface area contributed by atoms with E-state index in [2.05, 4.69) is 0 Å². The fourth-order valence-electron chi connectivity index (χ4n) is 0.772. The van der Waals surface area contributed by atoms with Crippen LogP contribution in [-0.4, -0.2) is 11.1 Å². The molecule has 0 aromatic carbocycles. The highest BCUT2D eigenvalue weighted by molar-refractivity contribution is 7.08. The van der Waals surface area contributed by atoms with Crippen LogP contribution in [0.5, 0.6) is 0 Å². The fourth-order valence-corrected chi connectivity index (χ4v) is 1.58. The van der Waals surface area contributed by atoms with Crippen molar-refractivity contribution in [1.82, 2.24) is 0 Å². The number of thiophene rings is 1. The number of rotatable bonds is 2. The van der Waals surface area contributed by atoms with Gasteiger partial charge in [0.05, 0.1) is 5.56 Å². The zero-order valence-electron chi connectivity index (χ0n) is 6.02. The molecule has 12 heavy (non-hydrogen) atoms. The first-order valence-electron chi connectivity index (χ1n) is 3.11. The predicted molar refractivity (Wildman–Crippen MR) is 43.6 cm³/mol.